The summed E-state index contributed by atoms with van der Waals surface area (Å²) in [6.07, 6.45) is 4.58. The van der Waals surface area contributed by atoms with E-state index in [1.54, 1.807) is 0 Å². The van der Waals surface area contributed by atoms with E-state index in [1.807, 2.05) is 36.4 Å². The van der Waals surface area contributed by atoms with Crippen LogP contribution >= 0.6 is 0 Å². The Morgan fingerprint density at radius 3 is 1.70 bits per heavy atom. The zero-order valence-corrected chi connectivity index (χ0v) is 28.6. The molecule has 0 unspecified atom stereocenters. The van der Waals surface area contributed by atoms with Gasteiger partial charge in [-0.3, -0.25) is 0 Å². The fourth-order valence-electron chi connectivity index (χ4n) is 8.17. The highest BCUT2D eigenvalue weighted by Crippen LogP contribution is 2.45. The van der Waals surface area contributed by atoms with Gasteiger partial charge in [-0.05, 0) is 68.7 Å². The standard InChI is InChI=1S/C49H30N4/c1-4-13-31(14-5-1)37-29-36-24-23-32-19-12-20-33-25-27-42-46(44(32)33)45(36)43(30-37)53(42)41-28-26-40(38-21-10-11-22-39(38)41)49-51-47(34-15-6-2-7-16-34)50-48(52-49)35-17-8-3-9-18-35/h1-30H. The summed E-state index contributed by atoms with van der Waals surface area (Å²) in [5.41, 5.74) is 11.2. The topological polar surface area (TPSA) is 43.6 Å². The highest BCUT2D eigenvalue weighted by atomic mass is 15.0. The van der Waals surface area contributed by atoms with Gasteiger partial charge in [0.15, 0.2) is 17.5 Å². The Labute approximate surface area is 306 Å². The average Bonchev–Trinajstić information content (AvgIpc) is 3.47. The average molecular weight is 675 g/mol. The fraction of sp³-hybridized carbons (Fsp3) is 0. The lowest BCUT2D eigenvalue weighted by molar-refractivity contribution is 1.08. The second-order valence-corrected chi connectivity index (χ2v) is 13.6. The van der Waals surface area contributed by atoms with Gasteiger partial charge >= 0.3 is 0 Å². The molecule has 0 amide bonds. The van der Waals surface area contributed by atoms with Crippen molar-refractivity contribution in [2.24, 2.45) is 0 Å². The van der Waals surface area contributed by atoms with Crippen molar-refractivity contribution in [2.45, 2.75) is 0 Å². The van der Waals surface area contributed by atoms with Crippen molar-refractivity contribution in [2.75, 3.05) is 0 Å². The number of aromatic nitrogens is 4. The zero-order chi connectivity index (χ0) is 34.9. The highest BCUT2D eigenvalue weighted by Gasteiger charge is 2.23. The predicted molar refractivity (Wildman–Crippen MR) is 220 cm³/mol. The van der Waals surface area contributed by atoms with Gasteiger partial charge in [-0.1, -0.05) is 152 Å². The monoisotopic (exact) mass is 674 g/mol. The maximum Gasteiger partial charge on any atom is 0.164 e. The Balaban J connectivity index is 1.21. The van der Waals surface area contributed by atoms with Crippen molar-refractivity contribution in [1.29, 1.82) is 0 Å². The molecule has 1 aliphatic carbocycles. The molecule has 0 bridgehead atoms. The van der Waals surface area contributed by atoms with E-state index < -0.39 is 0 Å². The molecule has 0 saturated carbocycles. The number of rotatable bonds is 5. The van der Waals surface area contributed by atoms with E-state index in [-0.39, 0.29) is 0 Å². The molecule has 246 valence electrons. The Morgan fingerprint density at radius 1 is 0.358 bits per heavy atom. The van der Waals surface area contributed by atoms with Crippen LogP contribution in [-0.4, -0.2) is 19.5 Å². The zero-order valence-electron chi connectivity index (χ0n) is 28.6. The fourth-order valence-corrected chi connectivity index (χ4v) is 8.17. The molecule has 0 N–H and O–H groups in total. The first-order valence-corrected chi connectivity index (χ1v) is 18.0. The van der Waals surface area contributed by atoms with E-state index in [0.717, 1.165) is 33.2 Å². The largest absolute Gasteiger partial charge is 0.309 e. The van der Waals surface area contributed by atoms with E-state index in [1.165, 1.54) is 54.8 Å². The molecule has 4 heteroatoms. The van der Waals surface area contributed by atoms with Crippen molar-refractivity contribution < 1.29 is 0 Å². The first-order valence-electron chi connectivity index (χ1n) is 18.0. The van der Waals surface area contributed by atoms with Crippen LogP contribution in [-0.2, 0) is 0 Å². The Morgan fingerprint density at radius 2 is 0.981 bits per heavy atom. The lowest BCUT2D eigenvalue weighted by Gasteiger charge is -2.16. The lowest BCUT2D eigenvalue weighted by atomic mass is 9.97. The van der Waals surface area contributed by atoms with Gasteiger partial charge in [0.2, 0.25) is 0 Å². The van der Waals surface area contributed by atoms with Gasteiger partial charge in [-0.25, -0.2) is 15.0 Å². The van der Waals surface area contributed by atoms with Gasteiger partial charge < -0.3 is 4.57 Å². The quantitative estimate of drug-likeness (QED) is 0.182. The van der Waals surface area contributed by atoms with E-state index in [4.69, 9.17) is 15.0 Å². The molecule has 11 rings (SSSR count). The Kier molecular flexibility index (Phi) is 6.52. The molecular formula is C49H30N4. The number of nitrogens with zero attached hydrogens (tertiary/aromatic N) is 4. The maximum absolute atomic E-state index is 5.11. The van der Waals surface area contributed by atoms with Crippen molar-refractivity contribution in [3.63, 3.8) is 0 Å². The van der Waals surface area contributed by atoms with Gasteiger partial charge in [0, 0.05) is 32.8 Å². The van der Waals surface area contributed by atoms with E-state index in [2.05, 4.69) is 150 Å². The second-order valence-electron chi connectivity index (χ2n) is 13.6. The van der Waals surface area contributed by atoms with Crippen LogP contribution < -0.4 is 0 Å². The molecule has 8 aromatic carbocycles. The molecule has 2 heterocycles. The third-order valence-corrected chi connectivity index (χ3v) is 10.6. The molecule has 10 aromatic rings. The van der Waals surface area contributed by atoms with Crippen molar-refractivity contribution in [3.05, 3.63) is 181 Å². The van der Waals surface area contributed by atoms with Crippen LogP contribution in [0.3, 0.4) is 0 Å². The van der Waals surface area contributed by atoms with Crippen LogP contribution in [0.1, 0.15) is 11.1 Å². The molecular weight excluding hydrogens is 645 g/mol. The first kappa shape index (κ1) is 29.5. The first-order chi connectivity index (χ1) is 26.3. The SMILES string of the molecule is C1=Cc2cc(-c3ccccc3)cc3c2c2c4c1cccc4ccc2n3-c1ccc(-c2nc(-c3ccccc3)nc(-c3ccccc3)n2)c2ccccc12. The van der Waals surface area contributed by atoms with Crippen LogP contribution in [0.5, 0.6) is 0 Å². The van der Waals surface area contributed by atoms with Gasteiger partial charge in [0.05, 0.1) is 16.7 Å². The molecule has 0 atom stereocenters. The molecule has 0 fully saturated rings. The van der Waals surface area contributed by atoms with E-state index in [0.29, 0.717) is 17.5 Å². The third-order valence-electron chi connectivity index (χ3n) is 10.6. The van der Waals surface area contributed by atoms with Gasteiger partial charge in [-0.2, -0.15) is 0 Å². The second kappa shape index (κ2) is 11.7. The molecule has 0 spiro atoms. The normalized spacial score (nSPS) is 12.1. The molecule has 53 heavy (non-hydrogen) atoms. The van der Waals surface area contributed by atoms with Crippen LogP contribution in [0, 0.1) is 0 Å². The van der Waals surface area contributed by atoms with Gasteiger partial charge in [-0.15, -0.1) is 0 Å². The Hall–Kier alpha value is -7.17. The summed E-state index contributed by atoms with van der Waals surface area (Å²) in [5, 5.41) is 7.31. The van der Waals surface area contributed by atoms with Crippen molar-refractivity contribution in [3.8, 4) is 51.0 Å². The number of benzene rings is 8. The third kappa shape index (κ3) is 4.66. The minimum atomic E-state index is 0.645. The summed E-state index contributed by atoms with van der Waals surface area (Å²) < 4.78 is 2.47. The molecule has 4 nitrogen and oxygen atoms in total. The van der Waals surface area contributed by atoms with Gasteiger partial charge in [0.25, 0.3) is 0 Å². The van der Waals surface area contributed by atoms with E-state index in [9.17, 15) is 0 Å². The summed E-state index contributed by atoms with van der Waals surface area (Å²) in [5.74, 6) is 1.94. The summed E-state index contributed by atoms with van der Waals surface area (Å²) in [6, 6.07) is 60.0. The summed E-state index contributed by atoms with van der Waals surface area (Å²) in [4.78, 5) is 15.2. The summed E-state index contributed by atoms with van der Waals surface area (Å²) in [6.45, 7) is 0. The minimum Gasteiger partial charge on any atom is -0.309 e. The number of fused-ring (bicyclic) bond motifs is 1. The van der Waals surface area contributed by atoms with Gasteiger partial charge in [0.1, 0.15) is 0 Å². The van der Waals surface area contributed by atoms with Crippen LogP contribution in [0.15, 0.2) is 170 Å². The molecule has 2 aromatic heterocycles. The number of hydrogen-bond acceptors (Lipinski definition) is 3. The lowest BCUT2D eigenvalue weighted by Crippen LogP contribution is -2.02. The van der Waals surface area contributed by atoms with Crippen LogP contribution in [0.2, 0.25) is 0 Å². The van der Waals surface area contributed by atoms with Crippen LogP contribution in [0.4, 0.5) is 0 Å². The van der Waals surface area contributed by atoms with E-state index >= 15 is 0 Å². The number of hydrogen-bond donors (Lipinski definition) is 0. The predicted octanol–water partition coefficient (Wildman–Crippen LogP) is 12.4. The van der Waals surface area contributed by atoms with Crippen molar-refractivity contribution >= 4 is 55.5 Å². The molecule has 1 aliphatic rings. The molecule has 0 saturated heterocycles. The van der Waals surface area contributed by atoms with Crippen molar-refractivity contribution in [1.82, 2.24) is 19.5 Å². The summed E-state index contributed by atoms with van der Waals surface area (Å²) in [7, 11) is 0. The minimum absolute atomic E-state index is 0.645. The smallest absolute Gasteiger partial charge is 0.164 e. The molecule has 0 radical (unpaired) electrons. The Bertz CT molecular complexity index is 3030. The highest BCUT2D eigenvalue weighted by molar-refractivity contribution is 6.27. The summed E-state index contributed by atoms with van der Waals surface area (Å²) >= 11 is 0. The van der Waals surface area contributed by atoms with Crippen LogP contribution in [0.25, 0.3) is 106 Å². The maximum atomic E-state index is 5.11. The molecule has 0 aliphatic heterocycles.